The number of hydrogen-bond acceptors (Lipinski definition) is 2. The largest absolute Gasteiger partial charge is 0.456 e. The van der Waals surface area contributed by atoms with E-state index in [-0.39, 0.29) is 0 Å². The first-order valence-corrected chi connectivity index (χ1v) is 14.4. The van der Waals surface area contributed by atoms with Crippen LogP contribution in [0.15, 0.2) is 126 Å². The second-order valence-electron chi connectivity index (χ2n) is 11.2. The van der Waals surface area contributed by atoms with Crippen LogP contribution in [0.5, 0.6) is 0 Å². The van der Waals surface area contributed by atoms with Crippen LogP contribution in [0.1, 0.15) is 11.1 Å². The van der Waals surface area contributed by atoms with Crippen LogP contribution in [0, 0.1) is 6.57 Å². The normalized spacial score (nSPS) is 12.8. The standard InChI is InChI=1S/C39H24N2O2/c1-40-28-13-17-37-35(20-28)31-6-2-4-8-36(31)41(37)29-14-10-26-22-42-23-27-18-24(11-15-30(27)34(26)21-29)25-12-16-33-32-7-3-5-9-38(32)43-39(33)19-25/h2-21H,22-23H2. The highest BCUT2D eigenvalue weighted by atomic mass is 16.5. The molecule has 4 heteroatoms. The lowest BCUT2D eigenvalue weighted by Gasteiger charge is -2.14. The van der Waals surface area contributed by atoms with Crippen molar-refractivity contribution in [2.75, 3.05) is 0 Å². The fraction of sp³-hybridized carbons (Fsp3) is 0.0513. The third-order valence-corrected chi connectivity index (χ3v) is 8.76. The monoisotopic (exact) mass is 552 g/mol. The lowest BCUT2D eigenvalue weighted by molar-refractivity contribution is 0.110. The summed E-state index contributed by atoms with van der Waals surface area (Å²) in [4.78, 5) is 3.68. The number of hydrogen-bond donors (Lipinski definition) is 0. The Morgan fingerprint density at radius 3 is 2.26 bits per heavy atom. The summed E-state index contributed by atoms with van der Waals surface area (Å²) in [6.07, 6.45) is 0. The van der Waals surface area contributed by atoms with Gasteiger partial charge in [0.25, 0.3) is 0 Å². The molecule has 0 N–H and O–H groups in total. The maximum Gasteiger partial charge on any atom is 0.188 e. The van der Waals surface area contributed by atoms with Gasteiger partial charge in [-0.1, -0.05) is 66.7 Å². The quantitative estimate of drug-likeness (QED) is 0.200. The molecule has 0 atom stereocenters. The van der Waals surface area contributed by atoms with Gasteiger partial charge in [0.05, 0.1) is 30.8 Å². The molecular weight excluding hydrogens is 528 g/mol. The molecule has 1 aliphatic rings. The summed E-state index contributed by atoms with van der Waals surface area (Å²) in [6, 6.07) is 42.4. The Kier molecular flexibility index (Phi) is 5.13. The van der Waals surface area contributed by atoms with Gasteiger partial charge in [-0.2, -0.15) is 0 Å². The number of nitrogens with zero attached hydrogens (tertiary/aromatic N) is 2. The molecule has 9 rings (SSSR count). The summed E-state index contributed by atoms with van der Waals surface area (Å²) in [5.41, 5.74) is 12.8. The van der Waals surface area contributed by atoms with Crippen molar-refractivity contribution in [1.29, 1.82) is 0 Å². The van der Waals surface area contributed by atoms with E-state index in [0.717, 1.165) is 60.6 Å². The maximum absolute atomic E-state index is 7.52. The fourth-order valence-electron chi connectivity index (χ4n) is 6.72. The first-order valence-electron chi connectivity index (χ1n) is 14.4. The second kappa shape index (κ2) is 9.19. The fourth-order valence-corrected chi connectivity index (χ4v) is 6.72. The molecule has 0 radical (unpaired) electrons. The van der Waals surface area contributed by atoms with Crippen LogP contribution >= 0.6 is 0 Å². The summed E-state index contributed by atoms with van der Waals surface area (Å²) in [7, 11) is 0. The molecule has 0 aliphatic carbocycles. The lowest BCUT2D eigenvalue weighted by atomic mass is 9.93. The van der Waals surface area contributed by atoms with E-state index in [9.17, 15) is 0 Å². The van der Waals surface area contributed by atoms with E-state index in [0.29, 0.717) is 18.9 Å². The Morgan fingerprint density at radius 1 is 0.558 bits per heavy atom. The Labute approximate surface area is 247 Å². The van der Waals surface area contributed by atoms with Gasteiger partial charge in [0.1, 0.15) is 11.2 Å². The van der Waals surface area contributed by atoms with Gasteiger partial charge >= 0.3 is 0 Å². The Hall–Kier alpha value is -5.63. The number of fused-ring (bicyclic) bond motifs is 9. The number of rotatable bonds is 2. The number of ether oxygens (including phenoxy) is 1. The molecule has 0 fully saturated rings. The maximum atomic E-state index is 7.52. The number of furan rings is 1. The zero-order valence-corrected chi connectivity index (χ0v) is 23.2. The lowest BCUT2D eigenvalue weighted by Crippen LogP contribution is -1.97. The highest BCUT2D eigenvalue weighted by molar-refractivity contribution is 6.10. The number of benzene rings is 6. The molecule has 8 aromatic rings. The van der Waals surface area contributed by atoms with Crippen molar-refractivity contribution in [3.63, 3.8) is 0 Å². The minimum atomic E-state index is 0.550. The molecule has 0 bridgehead atoms. The van der Waals surface area contributed by atoms with Crippen molar-refractivity contribution in [1.82, 2.24) is 4.57 Å². The van der Waals surface area contributed by atoms with Gasteiger partial charge in [0.2, 0.25) is 0 Å². The summed E-state index contributed by atoms with van der Waals surface area (Å²) in [6.45, 7) is 8.63. The molecule has 1 aliphatic heterocycles. The van der Waals surface area contributed by atoms with Gasteiger partial charge in [-0.05, 0) is 93.4 Å². The molecule has 2 aromatic heterocycles. The summed E-state index contributed by atoms with van der Waals surface area (Å²) in [5.74, 6) is 0. The van der Waals surface area contributed by atoms with E-state index in [1.54, 1.807) is 0 Å². The Balaban J connectivity index is 1.18. The van der Waals surface area contributed by atoms with Gasteiger partial charge in [-0.25, -0.2) is 4.85 Å². The van der Waals surface area contributed by atoms with Crippen molar-refractivity contribution in [2.24, 2.45) is 0 Å². The third-order valence-electron chi connectivity index (χ3n) is 8.76. The molecule has 43 heavy (non-hydrogen) atoms. The molecule has 0 saturated carbocycles. The number of para-hydroxylation sites is 2. The van der Waals surface area contributed by atoms with Gasteiger partial charge in [-0.3, -0.25) is 0 Å². The van der Waals surface area contributed by atoms with Crippen LogP contribution in [0.3, 0.4) is 0 Å². The summed E-state index contributed by atoms with van der Waals surface area (Å²) in [5, 5.41) is 4.51. The second-order valence-corrected chi connectivity index (χ2v) is 11.2. The van der Waals surface area contributed by atoms with Crippen molar-refractivity contribution in [3.8, 4) is 27.9 Å². The van der Waals surface area contributed by atoms with Crippen molar-refractivity contribution >= 4 is 49.4 Å². The molecule has 202 valence electrons. The Bertz CT molecular complexity index is 2450. The predicted molar refractivity (Wildman–Crippen MR) is 174 cm³/mol. The highest BCUT2D eigenvalue weighted by Gasteiger charge is 2.19. The van der Waals surface area contributed by atoms with E-state index in [4.69, 9.17) is 15.7 Å². The van der Waals surface area contributed by atoms with Gasteiger partial charge in [0, 0.05) is 21.8 Å². The minimum absolute atomic E-state index is 0.550. The van der Waals surface area contributed by atoms with E-state index < -0.39 is 0 Å². The molecule has 3 heterocycles. The third kappa shape index (κ3) is 3.66. The van der Waals surface area contributed by atoms with Gasteiger partial charge in [-0.15, -0.1) is 0 Å². The average Bonchev–Trinajstić information content (AvgIpc) is 3.53. The van der Waals surface area contributed by atoms with E-state index in [1.165, 1.54) is 22.3 Å². The molecular formula is C39H24N2O2. The predicted octanol–water partition coefficient (Wildman–Crippen LogP) is 10.6. The summed E-state index contributed by atoms with van der Waals surface area (Å²) >= 11 is 0. The topological polar surface area (TPSA) is 31.7 Å². The zero-order valence-electron chi connectivity index (χ0n) is 23.2. The number of aromatic nitrogens is 1. The Morgan fingerprint density at radius 2 is 1.33 bits per heavy atom. The molecule has 4 nitrogen and oxygen atoms in total. The molecule has 0 amide bonds. The first kappa shape index (κ1) is 24.0. The van der Waals surface area contributed by atoms with Crippen LogP contribution in [-0.2, 0) is 18.0 Å². The van der Waals surface area contributed by atoms with E-state index in [2.05, 4.69) is 100 Å². The van der Waals surface area contributed by atoms with Crippen LogP contribution in [-0.4, -0.2) is 4.57 Å². The van der Waals surface area contributed by atoms with Crippen LogP contribution in [0.2, 0.25) is 0 Å². The average molecular weight is 553 g/mol. The summed E-state index contributed by atoms with van der Waals surface area (Å²) < 4.78 is 14.7. The van der Waals surface area contributed by atoms with Crippen molar-refractivity contribution in [3.05, 3.63) is 144 Å². The molecule has 0 unspecified atom stereocenters. The highest BCUT2D eigenvalue weighted by Crippen LogP contribution is 2.39. The van der Waals surface area contributed by atoms with Crippen molar-refractivity contribution in [2.45, 2.75) is 13.2 Å². The molecule has 0 saturated heterocycles. The van der Waals surface area contributed by atoms with Gasteiger partial charge in [0.15, 0.2) is 5.69 Å². The van der Waals surface area contributed by atoms with Crippen molar-refractivity contribution < 1.29 is 9.15 Å². The zero-order chi connectivity index (χ0) is 28.5. The minimum Gasteiger partial charge on any atom is -0.456 e. The molecule has 6 aromatic carbocycles. The van der Waals surface area contributed by atoms with Crippen LogP contribution < -0.4 is 0 Å². The van der Waals surface area contributed by atoms with Crippen LogP contribution in [0.4, 0.5) is 5.69 Å². The molecule has 0 spiro atoms. The van der Waals surface area contributed by atoms with Gasteiger partial charge < -0.3 is 13.7 Å². The van der Waals surface area contributed by atoms with E-state index >= 15 is 0 Å². The smallest absolute Gasteiger partial charge is 0.188 e. The van der Waals surface area contributed by atoms with Crippen LogP contribution in [0.25, 0.3) is 76.5 Å². The SMILES string of the molecule is [C-]#[N+]c1ccc2c(c1)c1ccccc1n2-c1ccc2c(c1)-c1ccc(-c3ccc4c(c3)oc3ccccc34)cc1COC2. The first-order chi connectivity index (χ1) is 21.2. The van der Waals surface area contributed by atoms with E-state index in [1.807, 2.05) is 30.3 Å².